The van der Waals surface area contributed by atoms with Gasteiger partial charge < -0.3 is 20.3 Å². The topological polar surface area (TPSA) is 83.6 Å². The van der Waals surface area contributed by atoms with E-state index in [1.54, 1.807) is 7.11 Å². The van der Waals surface area contributed by atoms with Gasteiger partial charge in [0.1, 0.15) is 5.56 Å². The summed E-state index contributed by atoms with van der Waals surface area (Å²) < 4.78 is 5.49. The van der Waals surface area contributed by atoms with E-state index in [9.17, 15) is 9.59 Å². The highest BCUT2D eigenvalue weighted by atomic mass is 16.5. The molecule has 0 saturated carbocycles. The molecule has 1 saturated heterocycles. The molecule has 1 aliphatic heterocycles. The van der Waals surface area contributed by atoms with Gasteiger partial charge in [0.15, 0.2) is 0 Å². The summed E-state index contributed by atoms with van der Waals surface area (Å²) in [5.74, 6) is 0.461. The van der Waals surface area contributed by atoms with E-state index >= 15 is 0 Å². The van der Waals surface area contributed by atoms with Crippen molar-refractivity contribution in [2.24, 2.45) is 0 Å². The molecule has 4 rings (SSSR count). The van der Waals surface area contributed by atoms with Gasteiger partial charge in [-0.25, -0.2) is 4.98 Å². The van der Waals surface area contributed by atoms with Crippen LogP contribution in [0.25, 0.3) is 0 Å². The number of carbonyl (C=O) groups excluding carboxylic acids is 2. The molecule has 1 unspecified atom stereocenters. The number of methoxy groups -OCH3 is 1. The van der Waals surface area contributed by atoms with Crippen LogP contribution in [-0.2, 0) is 17.6 Å². The second kappa shape index (κ2) is 11.3. The largest absolute Gasteiger partial charge is 0.480 e. The van der Waals surface area contributed by atoms with Crippen LogP contribution in [0.1, 0.15) is 65.3 Å². The summed E-state index contributed by atoms with van der Waals surface area (Å²) in [5.41, 5.74) is 3.88. The second-order valence-corrected chi connectivity index (χ2v) is 8.83. The maximum Gasteiger partial charge on any atom is 0.259 e. The molecule has 1 atom stereocenters. The highest BCUT2D eigenvalue weighted by Crippen LogP contribution is 2.27. The van der Waals surface area contributed by atoms with E-state index in [2.05, 4.69) is 15.6 Å². The van der Waals surface area contributed by atoms with E-state index in [0.29, 0.717) is 37.5 Å². The van der Waals surface area contributed by atoms with Crippen LogP contribution in [0.4, 0.5) is 0 Å². The lowest BCUT2D eigenvalue weighted by Gasteiger charge is -2.24. The number of carbonyl (C=O) groups is 2. The minimum Gasteiger partial charge on any atom is -0.480 e. The average molecular weight is 451 g/mol. The summed E-state index contributed by atoms with van der Waals surface area (Å²) in [7, 11) is 1.58. The lowest BCUT2D eigenvalue weighted by molar-refractivity contribution is -0.121. The summed E-state index contributed by atoms with van der Waals surface area (Å²) in [4.78, 5) is 32.5. The zero-order valence-corrected chi connectivity index (χ0v) is 19.4. The lowest BCUT2D eigenvalue weighted by Crippen LogP contribution is -2.35. The molecule has 1 aromatic carbocycles. The molecule has 0 spiro atoms. The van der Waals surface area contributed by atoms with Gasteiger partial charge in [0, 0.05) is 37.8 Å². The highest BCUT2D eigenvalue weighted by Gasteiger charge is 2.25. The predicted octanol–water partition coefficient (Wildman–Crippen LogP) is 3.04. The Bertz CT molecular complexity index is 964. The fourth-order valence-corrected chi connectivity index (χ4v) is 4.70. The van der Waals surface area contributed by atoms with Crippen LogP contribution in [0.5, 0.6) is 5.88 Å². The number of aromatic nitrogens is 1. The van der Waals surface area contributed by atoms with Gasteiger partial charge in [-0.15, -0.1) is 0 Å². The number of ether oxygens (including phenoxy) is 1. The van der Waals surface area contributed by atoms with E-state index < -0.39 is 0 Å². The number of nitrogens with one attached hydrogen (secondary N) is 2. The predicted molar refractivity (Wildman–Crippen MR) is 127 cm³/mol. The van der Waals surface area contributed by atoms with Crippen LogP contribution >= 0.6 is 0 Å². The zero-order chi connectivity index (χ0) is 23.0. The molecule has 2 heterocycles. The number of nitrogens with zero attached hydrogens (tertiary/aromatic N) is 2. The Labute approximate surface area is 195 Å². The molecule has 2 aliphatic rings. The van der Waals surface area contributed by atoms with Crippen molar-refractivity contribution >= 4 is 11.8 Å². The smallest absolute Gasteiger partial charge is 0.259 e. The van der Waals surface area contributed by atoms with Gasteiger partial charge in [0.05, 0.1) is 7.11 Å². The van der Waals surface area contributed by atoms with Gasteiger partial charge in [0.25, 0.3) is 5.91 Å². The molecule has 2 aromatic rings. The third-order valence-corrected chi connectivity index (χ3v) is 6.49. The molecule has 7 nitrogen and oxygen atoms in total. The van der Waals surface area contributed by atoms with Crippen LogP contribution in [0.15, 0.2) is 36.4 Å². The van der Waals surface area contributed by atoms with Crippen molar-refractivity contribution in [1.82, 2.24) is 20.5 Å². The number of aryl methyl sites for hydroxylation is 2. The first-order chi connectivity index (χ1) is 16.2. The van der Waals surface area contributed by atoms with Gasteiger partial charge in [-0.1, -0.05) is 30.3 Å². The normalized spacial score (nSPS) is 20.1. The third-order valence-electron chi connectivity index (χ3n) is 6.49. The Balaban J connectivity index is 1.48. The molecule has 33 heavy (non-hydrogen) atoms. The molecule has 1 aromatic heterocycles. The van der Waals surface area contributed by atoms with Crippen molar-refractivity contribution in [3.8, 4) is 5.88 Å². The first-order valence-corrected chi connectivity index (χ1v) is 12.1. The molecule has 0 radical (unpaired) electrons. The van der Waals surface area contributed by atoms with Crippen molar-refractivity contribution < 1.29 is 14.3 Å². The molecule has 176 valence electrons. The highest BCUT2D eigenvalue weighted by molar-refractivity contribution is 5.96. The van der Waals surface area contributed by atoms with Crippen molar-refractivity contribution in [2.75, 3.05) is 33.3 Å². The Kier molecular flexibility index (Phi) is 7.94. The van der Waals surface area contributed by atoms with E-state index in [4.69, 9.17) is 4.74 Å². The molecule has 0 bridgehead atoms. The molecule has 1 fully saturated rings. The van der Waals surface area contributed by atoms with Crippen molar-refractivity contribution in [2.45, 2.75) is 51.0 Å². The number of pyridine rings is 1. The van der Waals surface area contributed by atoms with Gasteiger partial charge in [-0.05, 0) is 62.3 Å². The van der Waals surface area contributed by atoms with E-state index in [1.807, 2.05) is 41.3 Å². The fourth-order valence-electron chi connectivity index (χ4n) is 4.70. The van der Waals surface area contributed by atoms with E-state index in [1.165, 1.54) is 5.56 Å². The van der Waals surface area contributed by atoms with Crippen LogP contribution in [0, 0.1) is 0 Å². The van der Waals surface area contributed by atoms with Gasteiger partial charge in [0.2, 0.25) is 11.8 Å². The number of amides is 2. The van der Waals surface area contributed by atoms with Crippen molar-refractivity contribution in [3.63, 3.8) is 0 Å². The molecular formula is C26H34N4O3. The Morgan fingerprint density at radius 2 is 1.88 bits per heavy atom. The van der Waals surface area contributed by atoms with Gasteiger partial charge in [-0.3, -0.25) is 9.59 Å². The van der Waals surface area contributed by atoms with Gasteiger partial charge in [-0.2, -0.15) is 0 Å². The number of hydrogen-bond donors (Lipinski definition) is 2. The van der Waals surface area contributed by atoms with Crippen LogP contribution in [-0.4, -0.2) is 55.0 Å². The number of hydrogen-bond acceptors (Lipinski definition) is 5. The summed E-state index contributed by atoms with van der Waals surface area (Å²) in [6, 6.07) is 12.0. The van der Waals surface area contributed by atoms with E-state index in [-0.39, 0.29) is 17.9 Å². The Morgan fingerprint density at radius 3 is 2.70 bits per heavy atom. The van der Waals surface area contributed by atoms with Crippen LogP contribution in [0.3, 0.4) is 0 Å². The number of rotatable bonds is 3. The quantitative estimate of drug-likeness (QED) is 0.751. The molecule has 7 heteroatoms. The SMILES string of the molecule is COc1nc2c(cc1C(=O)N1CCCCNC(=O)CC(c3ccccc3)NCCC1)CCC2. The molecule has 1 aliphatic carbocycles. The molecular weight excluding hydrogens is 416 g/mol. The first kappa shape index (κ1) is 23.2. The fraction of sp³-hybridized carbons (Fsp3) is 0.500. The van der Waals surface area contributed by atoms with Crippen molar-refractivity contribution in [3.05, 3.63) is 58.8 Å². The summed E-state index contributed by atoms with van der Waals surface area (Å²) in [6.45, 7) is 2.63. The van der Waals surface area contributed by atoms with Crippen molar-refractivity contribution in [1.29, 1.82) is 0 Å². The van der Waals surface area contributed by atoms with E-state index in [0.717, 1.165) is 56.3 Å². The monoisotopic (exact) mass is 450 g/mol. The molecule has 2 N–H and O–H groups in total. The number of benzene rings is 1. The average Bonchev–Trinajstić information content (AvgIpc) is 3.31. The van der Waals surface area contributed by atoms with Crippen LogP contribution < -0.4 is 15.4 Å². The summed E-state index contributed by atoms with van der Waals surface area (Å²) in [5, 5.41) is 6.56. The maximum atomic E-state index is 13.5. The Hall–Kier alpha value is -2.93. The second-order valence-electron chi connectivity index (χ2n) is 8.83. The number of fused-ring (bicyclic) bond motifs is 1. The molecule has 2 amide bonds. The lowest BCUT2D eigenvalue weighted by atomic mass is 10.0. The van der Waals surface area contributed by atoms with Crippen LogP contribution in [0.2, 0.25) is 0 Å². The first-order valence-electron chi connectivity index (χ1n) is 12.1. The maximum absolute atomic E-state index is 13.5. The minimum atomic E-state index is -0.0443. The summed E-state index contributed by atoms with van der Waals surface area (Å²) >= 11 is 0. The Morgan fingerprint density at radius 1 is 1.06 bits per heavy atom. The minimum absolute atomic E-state index is 0.0208. The summed E-state index contributed by atoms with van der Waals surface area (Å²) in [6.07, 6.45) is 5.87. The van der Waals surface area contributed by atoms with Gasteiger partial charge >= 0.3 is 0 Å². The standard InChI is InChI=1S/C26H34N4O3/c1-33-25-21(17-20-11-7-12-22(20)29-25)26(32)30-15-6-5-13-28-24(31)18-23(27-14-8-16-30)19-9-3-2-4-10-19/h2-4,9-10,17,23,27H,5-8,11-16,18H2,1H3,(H,28,31). The zero-order valence-electron chi connectivity index (χ0n) is 19.4. The third kappa shape index (κ3) is 5.90.